The first-order valence-electron chi connectivity index (χ1n) is 4.90. The third-order valence-corrected chi connectivity index (χ3v) is 2.56. The molecule has 0 saturated heterocycles. The highest BCUT2D eigenvalue weighted by atomic mass is 19.1. The van der Waals surface area contributed by atoms with Crippen molar-refractivity contribution in [2.45, 2.75) is 13.5 Å². The third-order valence-electron chi connectivity index (χ3n) is 2.56. The number of para-hydroxylation sites is 1. The molecule has 2 aromatic rings. The van der Waals surface area contributed by atoms with Crippen molar-refractivity contribution in [3.05, 3.63) is 51.7 Å². The van der Waals surface area contributed by atoms with E-state index >= 15 is 0 Å². The first-order chi connectivity index (χ1) is 7.65. The van der Waals surface area contributed by atoms with Gasteiger partial charge in [-0.1, -0.05) is 12.1 Å². The molecule has 1 aromatic heterocycles. The van der Waals surface area contributed by atoms with Crippen molar-refractivity contribution in [1.82, 2.24) is 9.78 Å². The Balaban J connectivity index is 2.66. The van der Waals surface area contributed by atoms with Crippen molar-refractivity contribution in [1.29, 1.82) is 0 Å². The summed E-state index contributed by atoms with van der Waals surface area (Å²) >= 11 is 0. The summed E-state index contributed by atoms with van der Waals surface area (Å²) in [6, 6.07) is 6.24. The summed E-state index contributed by atoms with van der Waals surface area (Å²) in [6.45, 7) is 1.87. The maximum absolute atomic E-state index is 13.5. The largest absolute Gasteiger partial charge is 0.326 e. The lowest BCUT2D eigenvalue weighted by molar-refractivity contribution is 0.608. The predicted octanol–water partition coefficient (Wildman–Crippen LogP) is 1.07. The Bertz CT molecular complexity index is 571. The number of aromatic amines is 1. The summed E-state index contributed by atoms with van der Waals surface area (Å²) in [6.07, 6.45) is 0. The highest BCUT2D eigenvalue weighted by Crippen LogP contribution is 2.14. The number of nitrogens with zero attached hydrogens (tertiary/aromatic N) is 1. The molecular formula is C11H12FN3O. The molecule has 5 heteroatoms. The van der Waals surface area contributed by atoms with Crippen LogP contribution in [0.2, 0.25) is 0 Å². The van der Waals surface area contributed by atoms with Crippen LogP contribution in [0.4, 0.5) is 4.39 Å². The molecule has 0 amide bonds. The molecule has 0 aliphatic rings. The lowest BCUT2D eigenvalue weighted by atomic mass is 10.2. The van der Waals surface area contributed by atoms with Gasteiger partial charge in [-0.2, -0.15) is 0 Å². The molecule has 0 radical (unpaired) electrons. The van der Waals surface area contributed by atoms with Gasteiger partial charge in [0.2, 0.25) is 0 Å². The van der Waals surface area contributed by atoms with E-state index in [1.54, 1.807) is 25.1 Å². The van der Waals surface area contributed by atoms with E-state index in [0.29, 0.717) is 16.9 Å². The number of nitrogens with two attached hydrogens (primary N) is 1. The van der Waals surface area contributed by atoms with E-state index in [4.69, 9.17) is 5.73 Å². The number of H-pyrrole nitrogens is 1. The van der Waals surface area contributed by atoms with E-state index < -0.39 is 0 Å². The molecule has 16 heavy (non-hydrogen) atoms. The molecule has 4 nitrogen and oxygen atoms in total. The molecule has 0 spiro atoms. The van der Waals surface area contributed by atoms with Gasteiger partial charge in [-0.3, -0.25) is 14.6 Å². The Labute approximate surface area is 91.5 Å². The van der Waals surface area contributed by atoms with E-state index in [1.807, 2.05) is 0 Å². The van der Waals surface area contributed by atoms with Crippen LogP contribution in [-0.2, 0) is 6.54 Å². The number of hydrogen-bond donors (Lipinski definition) is 2. The standard InChI is InChI=1S/C11H12FN3O/c1-7-8(6-13)11(16)14-15(7)10-5-3-2-4-9(10)12/h2-5H,6,13H2,1H3,(H,14,16). The van der Waals surface area contributed by atoms with E-state index in [9.17, 15) is 9.18 Å². The van der Waals surface area contributed by atoms with Crippen molar-refractivity contribution in [2.75, 3.05) is 0 Å². The lowest BCUT2D eigenvalue weighted by Crippen LogP contribution is -2.10. The van der Waals surface area contributed by atoms with Gasteiger partial charge in [0, 0.05) is 12.2 Å². The monoisotopic (exact) mass is 221 g/mol. The third kappa shape index (κ3) is 1.55. The highest BCUT2D eigenvalue weighted by molar-refractivity contribution is 5.35. The van der Waals surface area contributed by atoms with Crippen molar-refractivity contribution in [3.63, 3.8) is 0 Å². The number of benzene rings is 1. The molecule has 0 atom stereocenters. The molecule has 1 aromatic carbocycles. The van der Waals surface area contributed by atoms with Crippen LogP contribution in [0.3, 0.4) is 0 Å². The number of hydrogen-bond acceptors (Lipinski definition) is 2. The van der Waals surface area contributed by atoms with Crippen LogP contribution >= 0.6 is 0 Å². The second kappa shape index (κ2) is 3.94. The first-order valence-corrected chi connectivity index (χ1v) is 4.90. The van der Waals surface area contributed by atoms with E-state index in [2.05, 4.69) is 5.10 Å². The second-order valence-electron chi connectivity index (χ2n) is 3.50. The molecule has 2 rings (SSSR count). The van der Waals surface area contributed by atoms with Gasteiger partial charge in [0.1, 0.15) is 5.82 Å². The normalized spacial score (nSPS) is 10.7. The van der Waals surface area contributed by atoms with E-state index in [1.165, 1.54) is 10.7 Å². The molecule has 0 fully saturated rings. The van der Waals surface area contributed by atoms with Crippen LogP contribution < -0.4 is 11.3 Å². The van der Waals surface area contributed by atoms with Gasteiger partial charge < -0.3 is 5.73 Å². The van der Waals surface area contributed by atoms with Crippen LogP contribution in [0.25, 0.3) is 5.69 Å². The fourth-order valence-electron chi connectivity index (χ4n) is 1.67. The molecule has 0 bridgehead atoms. The number of halogens is 1. The van der Waals surface area contributed by atoms with Crippen LogP contribution in [0.1, 0.15) is 11.3 Å². The van der Waals surface area contributed by atoms with Crippen LogP contribution in [-0.4, -0.2) is 9.78 Å². The molecule has 0 unspecified atom stereocenters. The fraction of sp³-hybridized carbons (Fsp3) is 0.182. The van der Waals surface area contributed by atoms with Crippen LogP contribution in [0.15, 0.2) is 29.1 Å². The average Bonchev–Trinajstić information content (AvgIpc) is 2.55. The minimum atomic E-state index is -0.388. The second-order valence-corrected chi connectivity index (χ2v) is 3.50. The number of rotatable bonds is 2. The van der Waals surface area contributed by atoms with Gasteiger partial charge in [-0.05, 0) is 19.1 Å². The van der Waals surface area contributed by atoms with Crippen molar-refractivity contribution in [2.24, 2.45) is 5.73 Å². The lowest BCUT2D eigenvalue weighted by Gasteiger charge is -2.06. The van der Waals surface area contributed by atoms with Gasteiger partial charge >= 0.3 is 0 Å². The van der Waals surface area contributed by atoms with Crippen molar-refractivity contribution >= 4 is 0 Å². The quantitative estimate of drug-likeness (QED) is 0.796. The maximum atomic E-state index is 13.5. The molecular weight excluding hydrogens is 209 g/mol. The SMILES string of the molecule is Cc1c(CN)c(=O)[nH]n1-c1ccccc1F. The Morgan fingerprint density at radius 2 is 2.12 bits per heavy atom. The Morgan fingerprint density at radius 1 is 1.44 bits per heavy atom. The molecule has 3 N–H and O–H groups in total. The first kappa shape index (κ1) is 10.6. The molecule has 0 saturated carbocycles. The van der Waals surface area contributed by atoms with Gasteiger partial charge in [0.15, 0.2) is 0 Å². The Hall–Kier alpha value is -1.88. The average molecular weight is 221 g/mol. The van der Waals surface area contributed by atoms with Crippen molar-refractivity contribution < 1.29 is 4.39 Å². The summed E-state index contributed by atoms with van der Waals surface area (Å²) in [7, 11) is 0. The summed E-state index contributed by atoms with van der Waals surface area (Å²) < 4.78 is 14.9. The van der Waals surface area contributed by atoms with Crippen LogP contribution in [0, 0.1) is 12.7 Å². The predicted molar refractivity (Wildman–Crippen MR) is 59.0 cm³/mol. The number of nitrogens with one attached hydrogen (secondary N) is 1. The van der Waals surface area contributed by atoms with Crippen LogP contribution in [0.5, 0.6) is 0 Å². The van der Waals surface area contributed by atoms with Gasteiger partial charge in [0.05, 0.1) is 11.3 Å². The Kier molecular flexibility index (Phi) is 2.62. The molecule has 0 aliphatic carbocycles. The zero-order chi connectivity index (χ0) is 11.7. The van der Waals surface area contributed by atoms with Crippen molar-refractivity contribution in [3.8, 4) is 5.69 Å². The summed E-state index contributed by atoms with van der Waals surface area (Å²) in [4.78, 5) is 11.5. The zero-order valence-corrected chi connectivity index (χ0v) is 8.83. The molecule has 0 aliphatic heterocycles. The summed E-state index contributed by atoms with van der Waals surface area (Å²) in [5, 5.41) is 2.56. The molecule has 1 heterocycles. The minimum Gasteiger partial charge on any atom is -0.326 e. The topological polar surface area (TPSA) is 63.8 Å². The van der Waals surface area contributed by atoms with Gasteiger partial charge in [-0.15, -0.1) is 0 Å². The Morgan fingerprint density at radius 3 is 2.69 bits per heavy atom. The summed E-state index contributed by atoms with van der Waals surface area (Å²) in [5.41, 5.74) is 6.61. The maximum Gasteiger partial charge on any atom is 0.269 e. The summed E-state index contributed by atoms with van der Waals surface area (Å²) in [5.74, 6) is -0.388. The highest BCUT2D eigenvalue weighted by Gasteiger charge is 2.12. The van der Waals surface area contributed by atoms with E-state index in [-0.39, 0.29) is 17.9 Å². The smallest absolute Gasteiger partial charge is 0.269 e. The van der Waals surface area contributed by atoms with Gasteiger partial charge in [0.25, 0.3) is 5.56 Å². The van der Waals surface area contributed by atoms with Gasteiger partial charge in [-0.25, -0.2) is 4.39 Å². The molecule has 84 valence electrons. The number of aromatic nitrogens is 2. The minimum absolute atomic E-state index is 0.141. The fourth-order valence-corrected chi connectivity index (χ4v) is 1.67. The zero-order valence-electron chi connectivity index (χ0n) is 8.83. The van der Waals surface area contributed by atoms with E-state index in [0.717, 1.165) is 0 Å².